The minimum absolute atomic E-state index is 0.347. The molecule has 0 amide bonds. The van der Waals surface area contributed by atoms with E-state index in [0.717, 1.165) is 37.4 Å². The van der Waals surface area contributed by atoms with E-state index in [1.807, 2.05) is 0 Å². The summed E-state index contributed by atoms with van der Waals surface area (Å²) in [5.41, 5.74) is 3.85. The zero-order chi connectivity index (χ0) is 31.2. The van der Waals surface area contributed by atoms with Crippen molar-refractivity contribution in [3.05, 3.63) is 109 Å². The summed E-state index contributed by atoms with van der Waals surface area (Å²) in [6, 6.07) is 18.8. The molecule has 0 atom stereocenters. The van der Waals surface area contributed by atoms with E-state index < -0.39 is 20.2 Å². The molecule has 8 nitrogen and oxygen atoms in total. The molecule has 0 saturated heterocycles. The van der Waals surface area contributed by atoms with Gasteiger partial charge in [0.15, 0.2) is 24.8 Å². The second-order valence-electron chi connectivity index (χ2n) is 9.90. The molecule has 0 aliphatic rings. The van der Waals surface area contributed by atoms with Crippen LogP contribution in [0.5, 0.6) is 0 Å². The Bertz CT molecular complexity index is 1480. The Balaban J connectivity index is 0.000000239. The van der Waals surface area contributed by atoms with Crippen molar-refractivity contribution in [2.45, 2.75) is 76.3 Å². The molecule has 2 aromatic carbocycles. The van der Waals surface area contributed by atoms with Crippen LogP contribution >= 0.6 is 0 Å². The van der Waals surface area contributed by atoms with Crippen molar-refractivity contribution >= 4 is 20.2 Å². The fourth-order valence-corrected chi connectivity index (χ4v) is 4.83. The largest absolute Gasteiger partial charge is 0.744 e. The maximum Gasteiger partial charge on any atom is 0.171 e. The van der Waals surface area contributed by atoms with E-state index in [2.05, 4.69) is 85.9 Å². The number of hydrogen-bond donors (Lipinski definition) is 0. The molecule has 0 N–H and O–H groups in total. The van der Waals surface area contributed by atoms with E-state index in [4.69, 9.17) is 0 Å². The maximum atomic E-state index is 10.8. The molecule has 10 heteroatoms. The van der Waals surface area contributed by atoms with Gasteiger partial charge in [-0.15, -0.1) is 0 Å². The van der Waals surface area contributed by atoms with E-state index in [1.165, 1.54) is 61.1 Å². The summed E-state index contributed by atoms with van der Waals surface area (Å²) >= 11 is 0. The minimum Gasteiger partial charge on any atom is -0.744 e. The molecule has 0 fully saturated rings. The number of rotatable bonds is 9. The van der Waals surface area contributed by atoms with Crippen LogP contribution in [0.25, 0.3) is 11.1 Å². The second-order valence-corrected chi connectivity index (χ2v) is 12.7. The van der Waals surface area contributed by atoms with Gasteiger partial charge in [0.25, 0.3) is 0 Å². The Morgan fingerprint density at radius 3 is 1.17 bits per heavy atom. The van der Waals surface area contributed by atoms with Crippen molar-refractivity contribution < 1.29 is 35.1 Å². The molecule has 0 unspecified atom stereocenters. The molecule has 0 saturated carbocycles. The molecule has 0 aliphatic carbocycles. The highest BCUT2D eigenvalue weighted by atomic mass is 32.2. The van der Waals surface area contributed by atoms with E-state index >= 15 is 0 Å². The number of hydrogen-bond acceptors (Lipinski definition) is 6. The summed E-state index contributed by atoms with van der Waals surface area (Å²) < 4.78 is 69.2. The van der Waals surface area contributed by atoms with Crippen LogP contribution in [0.15, 0.2) is 107 Å². The lowest BCUT2D eigenvalue weighted by molar-refractivity contribution is -0.697. The normalized spacial score (nSPS) is 11.1. The van der Waals surface area contributed by atoms with Gasteiger partial charge in [0, 0.05) is 36.1 Å². The van der Waals surface area contributed by atoms with Crippen molar-refractivity contribution in [3.63, 3.8) is 0 Å². The van der Waals surface area contributed by atoms with Gasteiger partial charge < -0.3 is 9.11 Å². The van der Waals surface area contributed by atoms with Crippen molar-refractivity contribution in [3.8, 4) is 11.1 Å². The van der Waals surface area contributed by atoms with Crippen LogP contribution in [0.4, 0.5) is 0 Å². The average molecular weight is 613 g/mol. The van der Waals surface area contributed by atoms with Gasteiger partial charge in [-0.1, -0.05) is 51.0 Å². The minimum atomic E-state index is -4.50. The quantitative estimate of drug-likeness (QED) is 0.186. The topological polar surface area (TPSA) is 122 Å². The number of aryl methyl sites for hydroxylation is 4. The summed E-state index contributed by atoms with van der Waals surface area (Å²) in [7, 11) is -9.00. The van der Waals surface area contributed by atoms with Gasteiger partial charge in [-0.3, -0.25) is 0 Å². The van der Waals surface area contributed by atoms with E-state index in [-0.39, 0.29) is 9.79 Å². The Morgan fingerprint density at radius 2 is 0.905 bits per heavy atom. The molecule has 0 aliphatic heterocycles. The monoisotopic (exact) mass is 612 g/mol. The first kappa shape index (κ1) is 34.8. The van der Waals surface area contributed by atoms with Gasteiger partial charge in [-0.05, 0) is 61.4 Å². The second kappa shape index (κ2) is 16.9. The Morgan fingerprint density at radius 1 is 0.571 bits per heavy atom. The van der Waals surface area contributed by atoms with Crippen LogP contribution in [-0.2, 0) is 33.3 Å². The molecular weight excluding hydrogens is 572 g/mol. The number of pyridine rings is 2. The van der Waals surface area contributed by atoms with E-state index in [0.29, 0.717) is 11.1 Å². The van der Waals surface area contributed by atoms with Crippen molar-refractivity contribution in [1.29, 1.82) is 0 Å². The van der Waals surface area contributed by atoms with Gasteiger partial charge in [0.2, 0.25) is 0 Å². The van der Waals surface area contributed by atoms with Crippen LogP contribution in [0.3, 0.4) is 0 Å². The number of unbranched alkanes of at least 4 members (excludes halogenated alkanes) is 2. The van der Waals surface area contributed by atoms with Crippen molar-refractivity contribution in [2.75, 3.05) is 0 Å². The highest BCUT2D eigenvalue weighted by molar-refractivity contribution is 7.86. The van der Waals surface area contributed by atoms with Crippen LogP contribution in [0.2, 0.25) is 0 Å². The third kappa shape index (κ3) is 12.6. The smallest absolute Gasteiger partial charge is 0.171 e. The standard InChI is InChI=1S/C12H10O6S2.2C10H16N/c13-19(14,15)11-5-1-9(2-6-11)10-3-7-12(8-4-10)20(16,17)18;2*1-3-4-7-11-8-5-6-10(2)9-11/h1-8H,(H,13,14,15)(H,16,17,18);2*5-6,8-9H,3-4,7H2,1-2H3/q;2*+1/p-2. The number of benzene rings is 2. The third-order valence-electron chi connectivity index (χ3n) is 6.17. The molecule has 0 radical (unpaired) electrons. The zero-order valence-electron chi connectivity index (χ0n) is 24.6. The lowest BCUT2D eigenvalue weighted by atomic mass is 10.1. The fourth-order valence-electron chi connectivity index (χ4n) is 3.89. The van der Waals surface area contributed by atoms with Gasteiger partial charge in [-0.25, -0.2) is 26.0 Å². The summed E-state index contributed by atoms with van der Waals surface area (Å²) in [5, 5.41) is 0. The molecular formula is C32H40N2O6S2. The highest BCUT2D eigenvalue weighted by Crippen LogP contribution is 2.22. The predicted molar refractivity (Wildman–Crippen MR) is 160 cm³/mol. The molecule has 0 spiro atoms. The summed E-state index contributed by atoms with van der Waals surface area (Å²) in [6.07, 6.45) is 13.7. The van der Waals surface area contributed by atoms with E-state index in [1.54, 1.807) is 0 Å². The third-order valence-corrected chi connectivity index (χ3v) is 7.87. The lowest BCUT2D eigenvalue weighted by Gasteiger charge is -2.09. The van der Waals surface area contributed by atoms with Crippen molar-refractivity contribution in [1.82, 2.24) is 0 Å². The Hall–Kier alpha value is -3.44. The Kier molecular flexibility index (Phi) is 14.0. The molecule has 2 aromatic heterocycles. The summed E-state index contributed by atoms with van der Waals surface area (Å²) in [6.45, 7) is 11.0. The average Bonchev–Trinajstić information content (AvgIpc) is 2.95. The van der Waals surface area contributed by atoms with Gasteiger partial charge >= 0.3 is 0 Å². The van der Waals surface area contributed by atoms with Crippen LogP contribution in [0, 0.1) is 13.8 Å². The molecule has 2 heterocycles. The van der Waals surface area contributed by atoms with Crippen LogP contribution in [-0.4, -0.2) is 25.9 Å². The van der Waals surface area contributed by atoms with Crippen LogP contribution < -0.4 is 9.13 Å². The van der Waals surface area contributed by atoms with Gasteiger partial charge in [0.1, 0.15) is 33.3 Å². The first-order valence-electron chi connectivity index (χ1n) is 13.9. The highest BCUT2D eigenvalue weighted by Gasteiger charge is 2.05. The SMILES string of the molecule is CCCC[n+]1cccc(C)c1.CCCC[n+]1cccc(C)c1.O=S(=O)([O-])c1ccc(-c2ccc(S(=O)(=O)[O-])cc2)cc1. The molecule has 42 heavy (non-hydrogen) atoms. The zero-order valence-corrected chi connectivity index (χ0v) is 26.3. The summed E-state index contributed by atoms with van der Waals surface area (Å²) in [5.74, 6) is 0. The first-order chi connectivity index (χ1) is 19.8. The molecule has 4 rings (SSSR count). The lowest BCUT2D eigenvalue weighted by Crippen LogP contribution is -2.32. The van der Waals surface area contributed by atoms with Gasteiger partial charge in [-0.2, -0.15) is 0 Å². The van der Waals surface area contributed by atoms with Crippen LogP contribution in [0.1, 0.15) is 50.7 Å². The molecule has 4 aromatic rings. The van der Waals surface area contributed by atoms with E-state index in [9.17, 15) is 25.9 Å². The number of aromatic nitrogens is 2. The first-order valence-corrected chi connectivity index (χ1v) is 16.7. The fraction of sp³-hybridized carbons (Fsp3) is 0.312. The maximum absolute atomic E-state index is 10.8. The van der Waals surface area contributed by atoms with Gasteiger partial charge in [0.05, 0.1) is 9.79 Å². The molecule has 0 bridgehead atoms. The predicted octanol–water partition coefficient (Wildman–Crippen LogP) is 5.33. The Labute approximate surface area is 250 Å². The summed E-state index contributed by atoms with van der Waals surface area (Å²) in [4.78, 5) is -0.694. The molecule has 226 valence electrons. The number of nitrogens with zero attached hydrogens (tertiary/aromatic N) is 2. The van der Waals surface area contributed by atoms with Crippen molar-refractivity contribution in [2.24, 2.45) is 0 Å².